The number of piperidine rings is 1. The summed E-state index contributed by atoms with van der Waals surface area (Å²) < 4.78 is 5.54. The van der Waals surface area contributed by atoms with Gasteiger partial charge < -0.3 is 15.4 Å². The summed E-state index contributed by atoms with van der Waals surface area (Å²) in [4.78, 5) is 13.7. The molecule has 1 rings (SSSR count). The molecule has 0 spiro atoms. The van der Waals surface area contributed by atoms with Gasteiger partial charge in [-0.15, -0.1) is 0 Å². The van der Waals surface area contributed by atoms with E-state index in [1.807, 2.05) is 11.8 Å². The molecule has 1 unspecified atom stereocenters. The molecule has 15 heavy (non-hydrogen) atoms. The van der Waals surface area contributed by atoms with E-state index in [0.29, 0.717) is 13.2 Å². The van der Waals surface area contributed by atoms with Crippen molar-refractivity contribution < 1.29 is 9.53 Å². The SMILES string of the molecule is CCOC1CCCN(C(=O)C(C)(C)N)C1. The van der Waals surface area contributed by atoms with Crippen LogP contribution in [0, 0.1) is 0 Å². The summed E-state index contributed by atoms with van der Waals surface area (Å²) in [5.74, 6) is 0.0203. The first kappa shape index (κ1) is 12.5. The van der Waals surface area contributed by atoms with Gasteiger partial charge in [0.05, 0.1) is 11.6 Å². The molecule has 1 aliphatic heterocycles. The Morgan fingerprint density at radius 3 is 2.80 bits per heavy atom. The third-order valence-corrected chi connectivity index (χ3v) is 2.62. The second-order valence-corrected chi connectivity index (χ2v) is 4.69. The van der Waals surface area contributed by atoms with Crippen molar-refractivity contribution >= 4 is 5.91 Å². The Bertz CT molecular complexity index is 221. The Labute approximate surface area is 91.8 Å². The summed E-state index contributed by atoms with van der Waals surface area (Å²) in [5, 5.41) is 0. The number of likely N-dealkylation sites (tertiary alicyclic amines) is 1. The van der Waals surface area contributed by atoms with Gasteiger partial charge in [-0.3, -0.25) is 4.79 Å². The predicted molar refractivity (Wildman–Crippen MR) is 59.5 cm³/mol. The van der Waals surface area contributed by atoms with Gasteiger partial charge in [0.2, 0.25) is 5.91 Å². The number of hydrogen-bond donors (Lipinski definition) is 1. The molecule has 0 saturated carbocycles. The summed E-state index contributed by atoms with van der Waals surface area (Å²) in [6.45, 7) is 7.68. The standard InChI is InChI=1S/C11H22N2O2/c1-4-15-9-6-5-7-13(8-9)10(14)11(2,3)12/h9H,4-8,12H2,1-3H3. The fraction of sp³-hybridized carbons (Fsp3) is 0.909. The molecule has 0 aliphatic carbocycles. The molecule has 1 heterocycles. The van der Waals surface area contributed by atoms with E-state index in [-0.39, 0.29) is 12.0 Å². The molecule has 1 aliphatic rings. The molecule has 2 N–H and O–H groups in total. The smallest absolute Gasteiger partial charge is 0.242 e. The number of amides is 1. The van der Waals surface area contributed by atoms with Gasteiger partial charge in [-0.05, 0) is 33.6 Å². The summed E-state index contributed by atoms with van der Waals surface area (Å²) >= 11 is 0. The largest absolute Gasteiger partial charge is 0.377 e. The van der Waals surface area contributed by atoms with Crippen LogP contribution in [0.25, 0.3) is 0 Å². The molecular weight excluding hydrogens is 192 g/mol. The van der Waals surface area contributed by atoms with Crippen LogP contribution in [0.3, 0.4) is 0 Å². The zero-order chi connectivity index (χ0) is 11.5. The van der Waals surface area contributed by atoms with Crippen LogP contribution >= 0.6 is 0 Å². The Morgan fingerprint density at radius 1 is 1.60 bits per heavy atom. The van der Waals surface area contributed by atoms with Crippen LogP contribution in [0.2, 0.25) is 0 Å². The third kappa shape index (κ3) is 3.47. The first-order chi connectivity index (χ1) is 6.95. The normalized spacial score (nSPS) is 22.9. The van der Waals surface area contributed by atoms with Crippen LogP contribution in [0.5, 0.6) is 0 Å². The van der Waals surface area contributed by atoms with Crippen LogP contribution in [-0.4, -0.2) is 42.1 Å². The minimum absolute atomic E-state index is 0.0203. The topological polar surface area (TPSA) is 55.6 Å². The number of nitrogens with zero attached hydrogens (tertiary/aromatic N) is 1. The number of carbonyl (C=O) groups is 1. The predicted octanol–water partition coefficient (Wildman–Crippen LogP) is 0.751. The van der Waals surface area contributed by atoms with E-state index >= 15 is 0 Å². The van der Waals surface area contributed by atoms with Crippen LogP contribution in [0.4, 0.5) is 0 Å². The highest BCUT2D eigenvalue weighted by Gasteiger charge is 2.31. The second kappa shape index (κ2) is 4.94. The Morgan fingerprint density at radius 2 is 2.27 bits per heavy atom. The fourth-order valence-corrected chi connectivity index (χ4v) is 1.90. The Balaban J connectivity index is 2.52. The molecule has 0 aromatic heterocycles. The molecule has 1 fully saturated rings. The fourth-order valence-electron chi connectivity index (χ4n) is 1.90. The van der Waals surface area contributed by atoms with Gasteiger partial charge in [0, 0.05) is 19.7 Å². The van der Waals surface area contributed by atoms with Gasteiger partial charge in [0.15, 0.2) is 0 Å². The summed E-state index contributed by atoms with van der Waals surface area (Å²) in [5.41, 5.74) is 5.03. The minimum Gasteiger partial charge on any atom is -0.377 e. The lowest BCUT2D eigenvalue weighted by atomic mass is 10.0. The van der Waals surface area contributed by atoms with E-state index in [1.165, 1.54) is 0 Å². The molecule has 1 saturated heterocycles. The van der Waals surface area contributed by atoms with Crippen molar-refractivity contribution in [2.75, 3.05) is 19.7 Å². The molecule has 0 bridgehead atoms. The van der Waals surface area contributed by atoms with E-state index in [9.17, 15) is 4.79 Å². The Hall–Kier alpha value is -0.610. The van der Waals surface area contributed by atoms with Crippen molar-refractivity contribution in [1.82, 2.24) is 4.90 Å². The zero-order valence-corrected chi connectivity index (χ0v) is 9.95. The number of carbonyl (C=O) groups excluding carboxylic acids is 1. The first-order valence-corrected chi connectivity index (χ1v) is 5.65. The van der Waals surface area contributed by atoms with E-state index in [1.54, 1.807) is 13.8 Å². The van der Waals surface area contributed by atoms with E-state index in [4.69, 9.17) is 10.5 Å². The molecule has 88 valence electrons. The van der Waals surface area contributed by atoms with E-state index in [0.717, 1.165) is 19.4 Å². The van der Waals surface area contributed by atoms with Crippen LogP contribution in [0.15, 0.2) is 0 Å². The van der Waals surface area contributed by atoms with Gasteiger partial charge in [0.1, 0.15) is 0 Å². The second-order valence-electron chi connectivity index (χ2n) is 4.69. The average molecular weight is 214 g/mol. The summed E-state index contributed by atoms with van der Waals surface area (Å²) in [6, 6.07) is 0. The molecular formula is C11H22N2O2. The van der Waals surface area contributed by atoms with E-state index < -0.39 is 5.54 Å². The molecule has 0 aromatic rings. The van der Waals surface area contributed by atoms with Crippen molar-refractivity contribution in [2.45, 2.75) is 45.3 Å². The van der Waals surface area contributed by atoms with Crippen LogP contribution in [-0.2, 0) is 9.53 Å². The van der Waals surface area contributed by atoms with Crippen LogP contribution < -0.4 is 5.73 Å². The molecule has 0 radical (unpaired) electrons. The van der Waals surface area contributed by atoms with Crippen molar-refractivity contribution in [3.63, 3.8) is 0 Å². The lowest BCUT2D eigenvalue weighted by molar-refractivity contribution is -0.139. The highest BCUT2D eigenvalue weighted by molar-refractivity contribution is 5.85. The molecule has 1 amide bonds. The maximum atomic E-state index is 11.9. The quantitative estimate of drug-likeness (QED) is 0.754. The monoisotopic (exact) mass is 214 g/mol. The summed E-state index contributed by atoms with van der Waals surface area (Å²) in [7, 11) is 0. The lowest BCUT2D eigenvalue weighted by Gasteiger charge is -2.36. The summed E-state index contributed by atoms with van der Waals surface area (Å²) in [6.07, 6.45) is 2.24. The van der Waals surface area contributed by atoms with Gasteiger partial charge >= 0.3 is 0 Å². The highest BCUT2D eigenvalue weighted by Crippen LogP contribution is 2.16. The maximum absolute atomic E-state index is 11.9. The number of ether oxygens (including phenoxy) is 1. The molecule has 4 heteroatoms. The van der Waals surface area contributed by atoms with Gasteiger partial charge in [0.25, 0.3) is 0 Å². The number of rotatable bonds is 3. The van der Waals surface area contributed by atoms with E-state index in [2.05, 4.69) is 0 Å². The van der Waals surface area contributed by atoms with Crippen molar-refractivity contribution in [2.24, 2.45) is 5.73 Å². The maximum Gasteiger partial charge on any atom is 0.242 e. The molecule has 4 nitrogen and oxygen atoms in total. The van der Waals surface area contributed by atoms with Gasteiger partial charge in [-0.1, -0.05) is 0 Å². The lowest BCUT2D eigenvalue weighted by Crippen LogP contribution is -2.54. The van der Waals surface area contributed by atoms with Crippen molar-refractivity contribution in [3.8, 4) is 0 Å². The number of nitrogens with two attached hydrogens (primary N) is 1. The first-order valence-electron chi connectivity index (χ1n) is 5.65. The highest BCUT2D eigenvalue weighted by atomic mass is 16.5. The zero-order valence-electron chi connectivity index (χ0n) is 9.95. The number of hydrogen-bond acceptors (Lipinski definition) is 3. The van der Waals surface area contributed by atoms with Gasteiger partial charge in [-0.2, -0.15) is 0 Å². The van der Waals surface area contributed by atoms with Crippen LogP contribution in [0.1, 0.15) is 33.6 Å². The minimum atomic E-state index is -0.770. The third-order valence-electron chi connectivity index (χ3n) is 2.62. The van der Waals surface area contributed by atoms with Crippen molar-refractivity contribution in [1.29, 1.82) is 0 Å². The average Bonchev–Trinajstić information content (AvgIpc) is 2.16. The molecule has 1 atom stereocenters. The molecule has 0 aromatic carbocycles. The van der Waals surface area contributed by atoms with Gasteiger partial charge in [-0.25, -0.2) is 0 Å². The Kier molecular flexibility index (Phi) is 4.11. The van der Waals surface area contributed by atoms with Crippen molar-refractivity contribution in [3.05, 3.63) is 0 Å².